The van der Waals surface area contributed by atoms with Gasteiger partial charge in [0.1, 0.15) is 0 Å². The van der Waals surface area contributed by atoms with Gasteiger partial charge in [-0.2, -0.15) is 0 Å². The van der Waals surface area contributed by atoms with Gasteiger partial charge in [-0.15, -0.1) is 0 Å². The van der Waals surface area contributed by atoms with Crippen molar-refractivity contribution in [3.05, 3.63) is 59.1 Å². The molecule has 0 spiro atoms. The summed E-state index contributed by atoms with van der Waals surface area (Å²) < 4.78 is 26.1. The van der Waals surface area contributed by atoms with E-state index in [0.717, 1.165) is 23.0 Å². The van der Waals surface area contributed by atoms with E-state index in [-0.39, 0.29) is 0 Å². The first-order valence-corrected chi connectivity index (χ1v) is 5.75. The number of para-hydroxylation sites is 1. The number of halogens is 3. The Kier molecular flexibility index (Phi) is 2.56. The third kappa shape index (κ3) is 1.77. The number of rotatable bonds is 1. The molecule has 0 atom stereocenters. The van der Waals surface area contributed by atoms with Crippen LogP contribution in [0.3, 0.4) is 0 Å². The topological polar surface area (TPSA) is 15.8 Å². The largest absolute Gasteiger partial charge is 0.353 e. The van der Waals surface area contributed by atoms with Crippen molar-refractivity contribution in [3.63, 3.8) is 0 Å². The van der Waals surface area contributed by atoms with Crippen molar-refractivity contribution in [2.75, 3.05) is 0 Å². The molecule has 0 saturated heterocycles. The van der Waals surface area contributed by atoms with E-state index in [1.165, 1.54) is 6.07 Å². The van der Waals surface area contributed by atoms with Gasteiger partial charge in [0.15, 0.2) is 11.6 Å². The van der Waals surface area contributed by atoms with Crippen LogP contribution in [-0.2, 0) is 0 Å². The summed E-state index contributed by atoms with van der Waals surface area (Å²) in [6.07, 6.45) is 0. The van der Waals surface area contributed by atoms with E-state index >= 15 is 0 Å². The summed E-state index contributed by atoms with van der Waals surface area (Å²) in [5.74, 6) is -1.72. The molecule has 0 fully saturated rings. The highest BCUT2D eigenvalue weighted by Gasteiger charge is 2.08. The summed E-state index contributed by atoms with van der Waals surface area (Å²) in [6, 6.07) is 11.2. The van der Waals surface area contributed by atoms with Gasteiger partial charge in [-0.05, 0) is 30.3 Å². The zero-order chi connectivity index (χ0) is 12.7. The summed E-state index contributed by atoms with van der Waals surface area (Å²) in [5.41, 5.74) is 2.08. The molecule has 1 heterocycles. The lowest BCUT2D eigenvalue weighted by molar-refractivity contribution is 0.509. The molecule has 0 unspecified atom stereocenters. The Morgan fingerprint density at radius 1 is 0.944 bits per heavy atom. The lowest BCUT2D eigenvalue weighted by Gasteiger charge is -1.98. The van der Waals surface area contributed by atoms with Gasteiger partial charge in [-0.1, -0.05) is 23.7 Å². The van der Waals surface area contributed by atoms with Crippen molar-refractivity contribution in [3.8, 4) is 11.3 Å². The Balaban J connectivity index is 2.19. The third-order valence-electron chi connectivity index (χ3n) is 2.84. The van der Waals surface area contributed by atoms with Crippen LogP contribution in [-0.4, -0.2) is 4.98 Å². The molecule has 0 amide bonds. The van der Waals surface area contributed by atoms with E-state index in [1.54, 1.807) is 6.07 Å². The molecule has 4 heteroatoms. The van der Waals surface area contributed by atoms with E-state index in [1.807, 2.05) is 18.2 Å². The predicted molar refractivity (Wildman–Crippen MR) is 68.7 cm³/mol. The predicted octanol–water partition coefficient (Wildman–Crippen LogP) is 4.77. The minimum absolute atomic E-state index is 0.584. The molecule has 1 nitrogen and oxygen atoms in total. The Morgan fingerprint density at radius 2 is 1.78 bits per heavy atom. The fraction of sp³-hybridized carbons (Fsp3) is 0. The van der Waals surface area contributed by atoms with E-state index in [9.17, 15) is 8.78 Å². The van der Waals surface area contributed by atoms with Crippen LogP contribution in [0.2, 0.25) is 5.02 Å². The minimum atomic E-state index is -0.864. The van der Waals surface area contributed by atoms with Gasteiger partial charge in [0, 0.05) is 16.6 Å². The Morgan fingerprint density at radius 3 is 2.50 bits per heavy atom. The number of nitrogens with one attached hydrogen (secondary N) is 1. The van der Waals surface area contributed by atoms with Crippen molar-refractivity contribution >= 4 is 22.5 Å². The summed E-state index contributed by atoms with van der Waals surface area (Å²) in [4.78, 5) is 3.11. The maximum atomic E-state index is 13.2. The van der Waals surface area contributed by atoms with Gasteiger partial charge in [0.05, 0.1) is 10.5 Å². The lowest BCUT2D eigenvalue weighted by Crippen LogP contribution is -1.85. The van der Waals surface area contributed by atoms with Gasteiger partial charge < -0.3 is 4.98 Å². The second kappa shape index (κ2) is 4.10. The fourth-order valence-electron chi connectivity index (χ4n) is 1.94. The summed E-state index contributed by atoms with van der Waals surface area (Å²) >= 11 is 6.05. The van der Waals surface area contributed by atoms with Crippen molar-refractivity contribution in [2.45, 2.75) is 0 Å². The number of hydrogen-bond donors (Lipinski definition) is 1. The van der Waals surface area contributed by atoms with Crippen LogP contribution in [0.1, 0.15) is 0 Å². The molecule has 1 aromatic heterocycles. The highest BCUT2D eigenvalue weighted by Crippen LogP contribution is 2.29. The Labute approximate surface area is 107 Å². The van der Waals surface area contributed by atoms with Crippen LogP contribution in [0.15, 0.2) is 42.5 Å². The second-order valence-electron chi connectivity index (χ2n) is 4.02. The molecule has 0 aliphatic rings. The Hall–Kier alpha value is -1.87. The fourth-order valence-corrected chi connectivity index (χ4v) is 2.17. The quantitative estimate of drug-likeness (QED) is 0.651. The molecular formula is C14H8ClF2N. The van der Waals surface area contributed by atoms with Crippen LogP contribution < -0.4 is 0 Å². The number of fused-ring (bicyclic) bond motifs is 1. The number of aromatic amines is 1. The average Bonchev–Trinajstić information content (AvgIpc) is 2.78. The van der Waals surface area contributed by atoms with Crippen molar-refractivity contribution in [1.29, 1.82) is 0 Å². The Bertz CT molecular complexity index is 734. The monoisotopic (exact) mass is 263 g/mol. The van der Waals surface area contributed by atoms with Gasteiger partial charge in [0.25, 0.3) is 0 Å². The molecule has 90 valence electrons. The molecule has 0 bridgehead atoms. The summed E-state index contributed by atoms with van der Waals surface area (Å²) in [6.45, 7) is 0. The average molecular weight is 264 g/mol. The molecule has 0 aliphatic heterocycles. The molecule has 0 saturated carbocycles. The number of hydrogen-bond acceptors (Lipinski definition) is 0. The minimum Gasteiger partial charge on any atom is -0.353 e. The van der Waals surface area contributed by atoms with E-state index in [4.69, 9.17) is 11.6 Å². The highest BCUT2D eigenvalue weighted by atomic mass is 35.5. The molecule has 1 N–H and O–H groups in total. The van der Waals surface area contributed by atoms with E-state index in [0.29, 0.717) is 16.3 Å². The molecule has 0 aliphatic carbocycles. The SMILES string of the molecule is Fc1ccc(-c2cc3cccc(Cl)c3[nH]2)cc1F. The summed E-state index contributed by atoms with van der Waals surface area (Å²) in [5, 5.41) is 1.53. The van der Waals surface area contributed by atoms with E-state index < -0.39 is 11.6 Å². The number of H-pyrrole nitrogens is 1. The van der Waals surface area contributed by atoms with Crippen molar-refractivity contribution in [1.82, 2.24) is 4.98 Å². The van der Waals surface area contributed by atoms with Crippen LogP contribution in [0.25, 0.3) is 22.2 Å². The van der Waals surface area contributed by atoms with Crippen LogP contribution in [0, 0.1) is 11.6 Å². The van der Waals surface area contributed by atoms with Crippen molar-refractivity contribution < 1.29 is 8.78 Å². The highest BCUT2D eigenvalue weighted by molar-refractivity contribution is 6.35. The standard InChI is InChI=1S/C14H8ClF2N/c15-10-3-1-2-9-7-13(18-14(9)10)8-4-5-11(16)12(17)6-8/h1-7,18H. The first kappa shape index (κ1) is 11.2. The lowest BCUT2D eigenvalue weighted by atomic mass is 10.1. The molecule has 2 aromatic carbocycles. The number of benzene rings is 2. The van der Waals surface area contributed by atoms with Crippen LogP contribution >= 0.6 is 11.6 Å². The molecular weight excluding hydrogens is 256 g/mol. The summed E-state index contributed by atoms with van der Waals surface area (Å²) in [7, 11) is 0. The van der Waals surface area contributed by atoms with Crippen molar-refractivity contribution in [2.24, 2.45) is 0 Å². The zero-order valence-electron chi connectivity index (χ0n) is 9.18. The number of aromatic nitrogens is 1. The van der Waals surface area contributed by atoms with Crippen LogP contribution in [0.4, 0.5) is 8.78 Å². The first-order chi connectivity index (χ1) is 8.65. The third-order valence-corrected chi connectivity index (χ3v) is 3.15. The van der Waals surface area contributed by atoms with Gasteiger partial charge in [-0.25, -0.2) is 8.78 Å². The van der Waals surface area contributed by atoms with Gasteiger partial charge in [0.2, 0.25) is 0 Å². The second-order valence-corrected chi connectivity index (χ2v) is 4.42. The first-order valence-electron chi connectivity index (χ1n) is 5.38. The zero-order valence-corrected chi connectivity index (χ0v) is 9.93. The van der Waals surface area contributed by atoms with Crippen LogP contribution in [0.5, 0.6) is 0 Å². The normalized spacial score (nSPS) is 11.1. The van der Waals surface area contributed by atoms with Gasteiger partial charge in [-0.3, -0.25) is 0 Å². The molecule has 3 rings (SSSR count). The van der Waals surface area contributed by atoms with E-state index in [2.05, 4.69) is 4.98 Å². The smallest absolute Gasteiger partial charge is 0.159 e. The molecule has 18 heavy (non-hydrogen) atoms. The maximum absolute atomic E-state index is 13.2. The maximum Gasteiger partial charge on any atom is 0.159 e. The molecule has 3 aromatic rings. The van der Waals surface area contributed by atoms with Gasteiger partial charge >= 0.3 is 0 Å². The molecule has 0 radical (unpaired) electrons.